The summed E-state index contributed by atoms with van der Waals surface area (Å²) in [5.74, 6) is 0.0245. The Morgan fingerprint density at radius 2 is 1.70 bits per heavy atom. The number of hydrogen-bond donors (Lipinski definition) is 3. The molecular weight excluding hydrogens is 507 g/mol. The smallest absolute Gasteiger partial charge is 0.238 e. The Balaban J connectivity index is 0.00000190. The average molecular weight is 544 g/mol. The number of aryl methyl sites for hydroxylation is 2. The summed E-state index contributed by atoms with van der Waals surface area (Å²) in [4.78, 5) is 15.1. The number of para-hydroxylation sites is 2. The summed E-state index contributed by atoms with van der Waals surface area (Å²) < 4.78 is 2.31. The number of anilines is 2. The normalized spacial score (nSPS) is 14.2. The van der Waals surface area contributed by atoms with Gasteiger partial charge in [-0.25, -0.2) is 0 Å². The number of hydrogen-bond acceptors (Lipinski definition) is 4. The summed E-state index contributed by atoms with van der Waals surface area (Å²) in [7, 11) is 0. The van der Waals surface area contributed by atoms with Gasteiger partial charge in [0.2, 0.25) is 5.91 Å². The number of nitrogens with zero attached hydrogens (tertiary/aromatic N) is 2. The summed E-state index contributed by atoms with van der Waals surface area (Å²) in [6, 6.07) is 21.0. The van der Waals surface area contributed by atoms with E-state index >= 15 is 0 Å². The zero-order chi connectivity index (χ0) is 24.4. The first kappa shape index (κ1) is 28.8. The van der Waals surface area contributed by atoms with Crippen molar-refractivity contribution in [3.63, 3.8) is 0 Å². The topological polar surface area (TPSA) is 69.5 Å². The van der Waals surface area contributed by atoms with Crippen LogP contribution in [0.25, 0.3) is 21.8 Å². The first-order valence-electron chi connectivity index (χ1n) is 12.6. The lowest BCUT2D eigenvalue weighted by atomic mass is 10.0. The van der Waals surface area contributed by atoms with Gasteiger partial charge in [-0.15, -0.1) is 24.8 Å². The fourth-order valence-electron chi connectivity index (χ4n) is 5.38. The number of rotatable bonds is 7. The van der Waals surface area contributed by atoms with E-state index in [0.29, 0.717) is 12.6 Å². The Morgan fingerprint density at radius 1 is 0.973 bits per heavy atom. The Morgan fingerprint density at radius 3 is 2.43 bits per heavy atom. The number of piperidine rings is 1. The molecule has 1 aliphatic rings. The second kappa shape index (κ2) is 12.7. The van der Waals surface area contributed by atoms with E-state index < -0.39 is 0 Å². The van der Waals surface area contributed by atoms with Crippen molar-refractivity contribution in [1.82, 2.24) is 9.47 Å². The van der Waals surface area contributed by atoms with Gasteiger partial charge in [-0.3, -0.25) is 9.69 Å². The Hall–Kier alpha value is -2.77. The van der Waals surface area contributed by atoms with Crippen LogP contribution >= 0.6 is 24.8 Å². The molecule has 0 unspecified atom stereocenters. The first-order valence-corrected chi connectivity index (χ1v) is 12.6. The Labute approximate surface area is 230 Å². The molecule has 0 saturated carbocycles. The molecule has 1 aromatic heterocycles. The first-order chi connectivity index (χ1) is 17.1. The molecule has 4 aromatic rings. The van der Waals surface area contributed by atoms with Gasteiger partial charge in [0.25, 0.3) is 0 Å². The molecule has 5 rings (SSSR count). The number of carbonyl (C=O) groups excluding carboxylic acids is 1. The molecular formula is C29H36Cl2N4O2. The number of nitrogens with one attached hydrogen (secondary N) is 2. The fraction of sp³-hybridized carbons (Fsp3) is 0.345. The van der Waals surface area contributed by atoms with E-state index in [9.17, 15) is 9.90 Å². The van der Waals surface area contributed by atoms with E-state index in [2.05, 4.69) is 76.4 Å². The summed E-state index contributed by atoms with van der Waals surface area (Å²) >= 11 is 0. The quantitative estimate of drug-likeness (QED) is 0.269. The predicted molar refractivity (Wildman–Crippen MR) is 158 cm³/mol. The molecule has 3 aromatic carbocycles. The van der Waals surface area contributed by atoms with E-state index in [0.717, 1.165) is 55.0 Å². The molecule has 0 aliphatic carbocycles. The second-order valence-corrected chi connectivity index (χ2v) is 9.50. The zero-order valence-corrected chi connectivity index (χ0v) is 23.0. The Bertz CT molecular complexity index is 1360. The van der Waals surface area contributed by atoms with E-state index in [1.165, 1.54) is 21.8 Å². The molecule has 3 N–H and O–H groups in total. The number of likely N-dealkylation sites (tertiary alicyclic amines) is 1. The zero-order valence-electron chi connectivity index (χ0n) is 21.4. The van der Waals surface area contributed by atoms with Crippen LogP contribution in [0.2, 0.25) is 0 Å². The van der Waals surface area contributed by atoms with Crippen molar-refractivity contribution >= 4 is 63.9 Å². The van der Waals surface area contributed by atoms with Gasteiger partial charge in [-0.1, -0.05) is 36.4 Å². The molecule has 0 spiro atoms. The lowest BCUT2D eigenvalue weighted by molar-refractivity contribution is -0.117. The molecule has 0 atom stereocenters. The summed E-state index contributed by atoms with van der Waals surface area (Å²) in [6.45, 7) is 7.31. The highest BCUT2D eigenvalue weighted by Crippen LogP contribution is 2.31. The number of aliphatic hydroxyl groups is 1. The lowest BCUT2D eigenvalue weighted by Crippen LogP contribution is -2.42. The maximum atomic E-state index is 12.8. The van der Waals surface area contributed by atoms with Gasteiger partial charge in [-0.2, -0.15) is 0 Å². The largest absolute Gasteiger partial charge is 0.392 e. The van der Waals surface area contributed by atoms with Gasteiger partial charge in [0.05, 0.1) is 13.2 Å². The van der Waals surface area contributed by atoms with Gasteiger partial charge in [0.1, 0.15) is 0 Å². The average Bonchev–Trinajstić information content (AvgIpc) is 3.19. The van der Waals surface area contributed by atoms with Crippen molar-refractivity contribution < 1.29 is 9.90 Å². The van der Waals surface area contributed by atoms with Crippen LogP contribution in [0.4, 0.5) is 11.4 Å². The van der Waals surface area contributed by atoms with Gasteiger partial charge >= 0.3 is 0 Å². The van der Waals surface area contributed by atoms with Crippen LogP contribution in [-0.4, -0.2) is 46.2 Å². The standard InChI is InChI=1S/C29H34N4O2.2ClH/c1-3-33-26-10-5-4-9-24(26)25-17-23(11-12-27(25)33)30-28(35)18-32-15-13-22(14-16-32)31-29-20(2)7-6-8-21(29)19-34;;/h4-12,17,22,31,34H,3,13-16,18-19H2,1-2H3,(H,30,35);2*1H. The number of aliphatic hydroxyl groups excluding tert-OH is 1. The maximum absolute atomic E-state index is 12.8. The molecule has 198 valence electrons. The van der Waals surface area contributed by atoms with Crippen LogP contribution < -0.4 is 10.6 Å². The molecule has 0 bridgehead atoms. The van der Waals surface area contributed by atoms with Crippen LogP contribution in [0, 0.1) is 6.92 Å². The van der Waals surface area contributed by atoms with Crippen molar-refractivity contribution in [2.45, 2.75) is 45.9 Å². The third kappa shape index (κ3) is 6.04. The number of aromatic nitrogens is 1. The number of amides is 1. The minimum atomic E-state index is 0. The van der Waals surface area contributed by atoms with E-state index in [1.54, 1.807) is 0 Å². The molecule has 6 nitrogen and oxygen atoms in total. The third-order valence-corrected chi connectivity index (χ3v) is 7.21. The lowest BCUT2D eigenvalue weighted by Gasteiger charge is -2.33. The number of benzene rings is 3. The summed E-state index contributed by atoms with van der Waals surface area (Å²) in [6.07, 6.45) is 1.93. The van der Waals surface area contributed by atoms with Crippen molar-refractivity contribution in [1.29, 1.82) is 0 Å². The molecule has 1 saturated heterocycles. The number of halogens is 2. The summed E-state index contributed by atoms with van der Waals surface area (Å²) in [5.41, 5.74) is 6.39. The van der Waals surface area contributed by atoms with E-state index in [4.69, 9.17) is 0 Å². The minimum Gasteiger partial charge on any atom is -0.392 e. The van der Waals surface area contributed by atoms with Crippen molar-refractivity contribution in [2.75, 3.05) is 30.3 Å². The van der Waals surface area contributed by atoms with Crippen molar-refractivity contribution in [2.24, 2.45) is 0 Å². The Kier molecular flexibility index (Phi) is 9.85. The summed E-state index contributed by atoms with van der Waals surface area (Å²) in [5, 5.41) is 18.8. The van der Waals surface area contributed by atoms with E-state index in [1.807, 2.05) is 18.2 Å². The maximum Gasteiger partial charge on any atom is 0.238 e. The van der Waals surface area contributed by atoms with Crippen molar-refractivity contribution in [3.05, 3.63) is 71.8 Å². The fourth-order valence-corrected chi connectivity index (χ4v) is 5.38. The molecule has 1 fully saturated rings. The van der Waals surface area contributed by atoms with Crippen LogP contribution in [0.5, 0.6) is 0 Å². The molecule has 0 radical (unpaired) electrons. The van der Waals surface area contributed by atoms with Gasteiger partial charge < -0.3 is 20.3 Å². The third-order valence-electron chi connectivity index (χ3n) is 7.21. The molecule has 8 heteroatoms. The van der Waals surface area contributed by atoms with Crippen LogP contribution in [0.1, 0.15) is 30.9 Å². The van der Waals surface area contributed by atoms with Gasteiger partial charge in [-0.05, 0) is 56.5 Å². The second-order valence-electron chi connectivity index (χ2n) is 9.50. The SMILES string of the molecule is CCn1c2ccccc2c2cc(NC(=O)CN3CCC(Nc4c(C)cccc4CO)CC3)ccc21.Cl.Cl. The highest BCUT2D eigenvalue weighted by atomic mass is 35.5. The van der Waals surface area contributed by atoms with E-state index in [-0.39, 0.29) is 37.3 Å². The van der Waals surface area contributed by atoms with Crippen LogP contribution in [0.15, 0.2) is 60.7 Å². The molecule has 37 heavy (non-hydrogen) atoms. The monoisotopic (exact) mass is 542 g/mol. The van der Waals surface area contributed by atoms with Gasteiger partial charge in [0, 0.05) is 64.4 Å². The number of fused-ring (bicyclic) bond motifs is 3. The highest BCUT2D eigenvalue weighted by Gasteiger charge is 2.22. The predicted octanol–water partition coefficient (Wildman–Crippen LogP) is 5.97. The number of carbonyl (C=O) groups is 1. The molecule has 1 amide bonds. The minimum absolute atomic E-state index is 0. The molecule has 2 heterocycles. The van der Waals surface area contributed by atoms with Crippen LogP contribution in [0.3, 0.4) is 0 Å². The molecule has 1 aliphatic heterocycles. The van der Waals surface area contributed by atoms with Crippen molar-refractivity contribution in [3.8, 4) is 0 Å². The highest BCUT2D eigenvalue weighted by molar-refractivity contribution is 6.09. The van der Waals surface area contributed by atoms with Gasteiger partial charge in [0.15, 0.2) is 0 Å². The van der Waals surface area contributed by atoms with Crippen LogP contribution in [-0.2, 0) is 17.9 Å².